The maximum Gasteiger partial charge on any atom is 0.328 e. The van der Waals surface area contributed by atoms with E-state index in [2.05, 4.69) is 0 Å². The summed E-state index contributed by atoms with van der Waals surface area (Å²) in [5.74, 6) is 0.728. The minimum Gasteiger partial charge on any atom is -0.299 e. The molecule has 0 amide bonds. The van der Waals surface area contributed by atoms with Gasteiger partial charge in [-0.2, -0.15) is 0 Å². The predicted octanol–water partition coefficient (Wildman–Crippen LogP) is 2.42. The first kappa shape index (κ1) is 10.5. The molecule has 0 spiro atoms. The van der Waals surface area contributed by atoms with E-state index in [0.717, 1.165) is 12.5 Å². The Balaban J connectivity index is 2.11. The standard InChI is InChI=1S/C12H20N2O/c1-10(2)14-8-7-13(12(14)15)9-11-5-3-4-6-11/h7-8,10-11H,3-6,9H2,1-2H3. The highest BCUT2D eigenvalue weighted by Crippen LogP contribution is 2.25. The summed E-state index contributed by atoms with van der Waals surface area (Å²) in [5.41, 5.74) is 0.150. The maximum atomic E-state index is 11.9. The summed E-state index contributed by atoms with van der Waals surface area (Å²) < 4.78 is 3.67. The van der Waals surface area contributed by atoms with Gasteiger partial charge in [0.2, 0.25) is 0 Å². The van der Waals surface area contributed by atoms with E-state index < -0.39 is 0 Å². The van der Waals surface area contributed by atoms with Crippen LogP contribution in [0, 0.1) is 5.92 Å². The molecule has 1 aliphatic rings. The van der Waals surface area contributed by atoms with Crippen LogP contribution >= 0.6 is 0 Å². The van der Waals surface area contributed by atoms with Gasteiger partial charge in [0.25, 0.3) is 0 Å². The molecule has 0 aromatic carbocycles. The lowest BCUT2D eigenvalue weighted by Gasteiger charge is -2.09. The van der Waals surface area contributed by atoms with Crippen molar-refractivity contribution >= 4 is 0 Å². The van der Waals surface area contributed by atoms with Crippen LogP contribution in [-0.2, 0) is 6.54 Å². The molecule has 0 saturated heterocycles. The molecule has 1 aliphatic carbocycles. The van der Waals surface area contributed by atoms with E-state index in [9.17, 15) is 4.79 Å². The van der Waals surface area contributed by atoms with E-state index in [1.807, 2.05) is 30.8 Å². The van der Waals surface area contributed by atoms with Crippen LogP contribution < -0.4 is 5.69 Å². The molecular weight excluding hydrogens is 188 g/mol. The third-order valence-electron chi connectivity index (χ3n) is 3.36. The smallest absolute Gasteiger partial charge is 0.299 e. The number of rotatable bonds is 3. The Morgan fingerprint density at radius 1 is 1.33 bits per heavy atom. The Kier molecular flexibility index (Phi) is 2.98. The molecule has 3 heteroatoms. The zero-order valence-electron chi connectivity index (χ0n) is 9.65. The average Bonchev–Trinajstić information content (AvgIpc) is 2.78. The first-order chi connectivity index (χ1) is 7.18. The predicted molar refractivity (Wildman–Crippen MR) is 61.0 cm³/mol. The zero-order valence-corrected chi connectivity index (χ0v) is 9.65. The fourth-order valence-corrected chi connectivity index (χ4v) is 2.43. The normalized spacial score (nSPS) is 17.8. The SMILES string of the molecule is CC(C)n1ccn(CC2CCCC2)c1=O. The number of hydrogen-bond acceptors (Lipinski definition) is 1. The number of hydrogen-bond donors (Lipinski definition) is 0. The lowest BCUT2D eigenvalue weighted by atomic mass is 10.1. The summed E-state index contributed by atoms with van der Waals surface area (Å²) >= 11 is 0. The molecule has 15 heavy (non-hydrogen) atoms. The summed E-state index contributed by atoms with van der Waals surface area (Å²) in [6.45, 7) is 5.00. The van der Waals surface area contributed by atoms with Crippen LogP contribution in [0.3, 0.4) is 0 Å². The van der Waals surface area contributed by atoms with E-state index in [4.69, 9.17) is 0 Å². The van der Waals surface area contributed by atoms with Crippen LogP contribution in [0.15, 0.2) is 17.2 Å². The van der Waals surface area contributed by atoms with Gasteiger partial charge in [0.05, 0.1) is 0 Å². The summed E-state index contributed by atoms with van der Waals surface area (Å²) in [7, 11) is 0. The molecular formula is C12H20N2O. The van der Waals surface area contributed by atoms with Crippen molar-refractivity contribution in [1.29, 1.82) is 0 Å². The number of aromatic nitrogens is 2. The minimum atomic E-state index is 0.150. The van der Waals surface area contributed by atoms with E-state index in [1.165, 1.54) is 25.7 Å². The highest BCUT2D eigenvalue weighted by atomic mass is 16.1. The first-order valence-corrected chi connectivity index (χ1v) is 5.95. The van der Waals surface area contributed by atoms with Crippen LogP contribution in [0.5, 0.6) is 0 Å². The second-order valence-corrected chi connectivity index (χ2v) is 4.88. The Bertz CT molecular complexity index is 369. The maximum absolute atomic E-state index is 11.9. The highest BCUT2D eigenvalue weighted by Gasteiger charge is 2.17. The molecule has 0 radical (unpaired) electrons. The van der Waals surface area contributed by atoms with Crippen molar-refractivity contribution in [2.24, 2.45) is 5.92 Å². The lowest BCUT2D eigenvalue weighted by Crippen LogP contribution is -2.27. The van der Waals surface area contributed by atoms with Crippen molar-refractivity contribution in [3.05, 3.63) is 22.9 Å². The third kappa shape index (κ3) is 2.16. The van der Waals surface area contributed by atoms with Gasteiger partial charge in [0.15, 0.2) is 0 Å². The molecule has 0 N–H and O–H groups in total. The topological polar surface area (TPSA) is 26.9 Å². The Labute approximate surface area is 90.7 Å². The Morgan fingerprint density at radius 3 is 2.53 bits per heavy atom. The van der Waals surface area contributed by atoms with Crippen molar-refractivity contribution in [3.63, 3.8) is 0 Å². The second kappa shape index (κ2) is 4.25. The van der Waals surface area contributed by atoms with Crippen LogP contribution in [0.25, 0.3) is 0 Å². The summed E-state index contributed by atoms with van der Waals surface area (Å²) in [6.07, 6.45) is 9.09. The molecule has 3 nitrogen and oxygen atoms in total. The molecule has 1 aromatic rings. The van der Waals surface area contributed by atoms with Gasteiger partial charge in [-0.25, -0.2) is 4.79 Å². The van der Waals surface area contributed by atoms with Crippen molar-refractivity contribution in [2.45, 2.75) is 52.1 Å². The van der Waals surface area contributed by atoms with Gasteiger partial charge >= 0.3 is 5.69 Å². The largest absolute Gasteiger partial charge is 0.328 e. The van der Waals surface area contributed by atoms with Gasteiger partial charge in [-0.3, -0.25) is 9.13 Å². The molecule has 1 heterocycles. The molecule has 1 saturated carbocycles. The average molecular weight is 208 g/mol. The molecule has 2 rings (SSSR count). The Morgan fingerprint density at radius 2 is 2.00 bits per heavy atom. The van der Waals surface area contributed by atoms with Crippen LogP contribution in [0.1, 0.15) is 45.6 Å². The molecule has 0 atom stereocenters. The highest BCUT2D eigenvalue weighted by molar-refractivity contribution is 4.85. The minimum absolute atomic E-state index is 0.150. The first-order valence-electron chi connectivity index (χ1n) is 5.95. The van der Waals surface area contributed by atoms with Gasteiger partial charge in [-0.05, 0) is 32.6 Å². The van der Waals surface area contributed by atoms with E-state index in [1.54, 1.807) is 4.57 Å². The second-order valence-electron chi connectivity index (χ2n) is 4.88. The third-order valence-corrected chi connectivity index (χ3v) is 3.36. The fraction of sp³-hybridized carbons (Fsp3) is 0.750. The van der Waals surface area contributed by atoms with Crippen molar-refractivity contribution in [1.82, 2.24) is 9.13 Å². The van der Waals surface area contributed by atoms with E-state index >= 15 is 0 Å². The molecule has 0 unspecified atom stereocenters. The van der Waals surface area contributed by atoms with Gasteiger partial charge in [0, 0.05) is 25.0 Å². The zero-order chi connectivity index (χ0) is 10.8. The van der Waals surface area contributed by atoms with Crippen molar-refractivity contribution < 1.29 is 0 Å². The Hall–Kier alpha value is -0.990. The van der Waals surface area contributed by atoms with Crippen molar-refractivity contribution in [3.8, 4) is 0 Å². The summed E-state index contributed by atoms with van der Waals surface area (Å²) in [5, 5.41) is 0. The monoisotopic (exact) mass is 208 g/mol. The molecule has 1 fully saturated rings. The quantitative estimate of drug-likeness (QED) is 0.749. The van der Waals surface area contributed by atoms with Crippen LogP contribution in [0.4, 0.5) is 0 Å². The summed E-state index contributed by atoms with van der Waals surface area (Å²) in [6, 6.07) is 0.266. The number of imidazole rings is 1. The molecule has 84 valence electrons. The van der Waals surface area contributed by atoms with Crippen molar-refractivity contribution in [2.75, 3.05) is 0 Å². The van der Waals surface area contributed by atoms with E-state index in [0.29, 0.717) is 0 Å². The van der Waals surface area contributed by atoms with Gasteiger partial charge in [-0.15, -0.1) is 0 Å². The van der Waals surface area contributed by atoms with E-state index in [-0.39, 0.29) is 11.7 Å². The molecule has 0 aliphatic heterocycles. The summed E-state index contributed by atoms with van der Waals surface area (Å²) in [4.78, 5) is 11.9. The number of nitrogens with zero attached hydrogens (tertiary/aromatic N) is 2. The van der Waals surface area contributed by atoms with Gasteiger partial charge in [-0.1, -0.05) is 12.8 Å². The lowest BCUT2D eigenvalue weighted by molar-refractivity contribution is 0.439. The fourth-order valence-electron chi connectivity index (χ4n) is 2.43. The van der Waals surface area contributed by atoms with Crippen LogP contribution in [-0.4, -0.2) is 9.13 Å². The van der Waals surface area contributed by atoms with Gasteiger partial charge < -0.3 is 0 Å². The van der Waals surface area contributed by atoms with Crippen LogP contribution in [0.2, 0.25) is 0 Å². The van der Waals surface area contributed by atoms with Gasteiger partial charge in [0.1, 0.15) is 0 Å². The molecule has 1 aromatic heterocycles. The molecule has 0 bridgehead atoms.